The van der Waals surface area contributed by atoms with E-state index in [1.54, 1.807) is 0 Å². The van der Waals surface area contributed by atoms with Crippen LogP contribution in [0.5, 0.6) is 0 Å². The van der Waals surface area contributed by atoms with Crippen LogP contribution < -0.4 is 16.2 Å². The van der Waals surface area contributed by atoms with Gasteiger partial charge in [-0.05, 0) is 27.8 Å². The molecule has 0 saturated carbocycles. The Kier molecular flexibility index (Phi) is 3.68. The molecule has 2 heterocycles. The Morgan fingerprint density at radius 3 is 2.44 bits per heavy atom. The average molecular weight is 250 g/mol. The highest BCUT2D eigenvalue weighted by molar-refractivity contribution is 5.45. The van der Waals surface area contributed by atoms with Crippen molar-refractivity contribution in [2.75, 3.05) is 30.5 Å². The van der Waals surface area contributed by atoms with Crippen LogP contribution in [0, 0.1) is 6.92 Å². The van der Waals surface area contributed by atoms with Crippen molar-refractivity contribution in [1.29, 1.82) is 0 Å². The number of nitrogen functional groups attached to an aromatic ring is 1. The molecule has 1 fully saturated rings. The summed E-state index contributed by atoms with van der Waals surface area (Å²) in [7, 11) is 2.17. The van der Waals surface area contributed by atoms with Gasteiger partial charge in [-0.1, -0.05) is 0 Å². The Morgan fingerprint density at radius 2 is 1.89 bits per heavy atom. The van der Waals surface area contributed by atoms with Crippen LogP contribution >= 0.6 is 0 Å². The molecule has 2 unspecified atom stereocenters. The predicted molar refractivity (Wildman–Crippen MR) is 73.5 cm³/mol. The van der Waals surface area contributed by atoms with Gasteiger partial charge < -0.3 is 4.90 Å². The van der Waals surface area contributed by atoms with Gasteiger partial charge in [0.15, 0.2) is 0 Å². The number of nitrogens with one attached hydrogen (secondary N) is 1. The van der Waals surface area contributed by atoms with Crippen LogP contribution in [0.25, 0.3) is 0 Å². The SMILES string of the molecule is Cc1cc(N2CC(C)N(C)C(C)C2)nc(NN)n1. The van der Waals surface area contributed by atoms with Crippen LogP contribution in [-0.4, -0.2) is 47.1 Å². The van der Waals surface area contributed by atoms with Gasteiger partial charge in [-0.2, -0.15) is 4.98 Å². The maximum atomic E-state index is 5.39. The lowest BCUT2D eigenvalue weighted by Crippen LogP contribution is -2.55. The second kappa shape index (κ2) is 5.07. The Balaban J connectivity index is 2.23. The number of rotatable bonds is 2. The molecule has 0 radical (unpaired) electrons. The molecule has 18 heavy (non-hydrogen) atoms. The van der Waals surface area contributed by atoms with Crippen LogP contribution in [0.1, 0.15) is 19.5 Å². The summed E-state index contributed by atoms with van der Waals surface area (Å²) in [4.78, 5) is 13.3. The Bertz CT molecular complexity index is 409. The molecule has 0 amide bonds. The van der Waals surface area contributed by atoms with Crippen molar-refractivity contribution in [3.63, 3.8) is 0 Å². The molecule has 1 aromatic heterocycles. The molecule has 0 spiro atoms. The molecular weight excluding hydrogens is 228 g/mol. The Morgan fingerprint density at radius 1 is 1.28 bits per heavy atom. The smallest absolute Gasteiger partial charge is 0.239 e. The fourth-order valence-electron chi connectivity index (χ4n) is 2.37. The molecule has 0 aromatic carbocycles. The molecule has 100 valence electrons. The first-order valence-electron chi connectivity index (χ1n) is 6.30. The van der Waals surface area contributed by atoms with Crippen molar-refractivity contribution in [2.45, 2.75) is 32.9 Å². The largest absolute Gasteiger partial charge is 0.353 e. The van der Waals surface area contributed by atoms with Gasteiger partial charge in [0.25, 0.3) is 0 Å². The summed E-state index contributed by atoms with van der Waals surface area (Å²) in [6.45, 7) is 8.37. The number of hydrogen-bond donors (Lipinski definition) is 2. The summed E-state index contributed by atoms with van der Waals surface area (Å²) in [6.07, 6.45) is 0. The lowest BCUT2D eigenvalue weighted by Gasteiger charge is -2.43. The maximum Gasteiger partial charge on any atom is 0.239 e. The molecule has 6 nitrogen and oxygen atoms in total. The molecule has 2 rings (SSSR count). The third-order valence-electron chi connectivity index (χ3n) is 3.65. The normalized spacial score (nSPS) is 25.3. The number of aromatic nitrogens is 2. The molecule has 0 aliphatic carbocycles. The molecular formula is C12H22N6. The minimum absolute atomic E-state index is 0.476. The highest BCUT2D eigenvalue weighted by atomic mass is 15.3. The summed E-state index contributed by atoms with van der Waals surface area (Å²) in [5.41, 5.74) is 3.44. The summed E-state index contributed by atoms with van der Waals surface area (Å²) in [6, 6.07) is 3.03. The lowest BCUT2D eigenvalue weighted by molar-refractivity contribution is 0.169. The second-order valence-corrected chi connectivity index (χ2v) is 5.10. The summed E-state index contributed by atoms with van der Waals surface area (Å²) in [5, 5.41) is 0. The van der Waals surface area contributed by atoms with Gasteiger partial charge in [0.1, 0.15) is 5.82 Å². The number of piperazine rings is 1. The monoisotopic (exact) mass is 250 g/mol. The average Bonchev–Trinajstić information content (AvgIpc) is 2.34. The molecule has 1 aromatic rings. The zero-order chi connectivity index (χ0) is 13.3. The lowest BCUT2D eigenvalue weighted by atomic mass is 10.1. The van der Waals surface area contributed by atoms with Gasteiger partial charge >= 0.3 is 0 Å². The number of hydrazine groups is 1. The van der Waals surface area contributed by atoms with E-state index in [4.69, 9.17) is 5.84 Å². The third kappa shape index (κ3) is 2.54. The number of aryl methyl sites for hydroxylation is 1. The van der Waals surface area contributed by atoms with E-state index < -0.39 is 0 Å². The summed E-state index contributed by atoms with van der Waals surface area (Å²) < 4.78 is 0. The molecule has 1 aliphatic heterocycles. The first-order chi connectivity index (χ1) is 8.51. The van der Waals surface area contributed by atoms with E-state index in [0.717, 1.165) is 24.6 Å². The van der Waals surface area contributed by atoms with Gasteiger partial charge in [-0.15, -0.1) is 0 Å². The van der Waals surface area contributed by atoms with Gasteiger partial charge in [-0.25, -0.2) is 10.8 Å². The van der Waals surface area contributed by atoms with Crippen LogP contribution in [-0.2, 0) is 0 Å². The van der Waals surface area contributed by atoms with Crippen molar-refractivity contribution in [1.82, 2.24) is 14.9 Å². The highest BCUT2D eigenvalue weighted by Crippen LogP contribution is 2.21. The molecule has 0 bridgehead atoms. The quantitative estimate of drug-likeness (QED) is 0.591. The van der Waals surface area contributed by atoms with Gasteiger partial charge in [0.2, 0.25) is 5.95 Å². The van der Waals surface area contributed by atoms with Crippen LogP contribution in [0.4, 0.5) is 11.8 Å². The molecule has 2 atom stereocenters. The van der Waals surface area contributed by atoms with Crippen molar-refractivity contribution in [3.8, 4) is 0 Å². The van der Waals surface area contributed by atoms with E-state index >= 15 is 0 Å². The minimum atomic E-state index is 0.476. The van der Waals surface area contributed by atoms with E-state index in [0.29, 0.717) is 18.0 Å². The fourth-order valence-corrected chi connectivity index (χ4v) is 2.37. The first-order valence-corrected chi connectivity index (χ1v) is 6.30. The summed E-state index contributed by atoms with van der Waals surface area (Å²) in [5.74, 6) is 6.81. The molecule has 3 N–H and O–H groups in total. The minimum Gasteiger partial charge on any atom is -0.353 e. The fraction of sp³-hybridized carbons (Fsp3) is 0.667. The van der Waals surface area contributed by atoms with E-state index in [-0.39, 0.29) is 0 Å². The zero-order valence-electron chi connectivity index (χ0n) is 11.5. The van der Waals surface area contributed by atoms with Crippen molar-refractivity contribution < 1.29 is 0 Å². The van der Waals surface area contributed by atoms with E-state index in [2.05, 4.69) is 46.1 Å². The van der Waals surface area contributed by atoms with Crippen LogP contribution in [0.15, 0.2) is 6.07 Å². The van der Waals surface area contributed by atoms with Gasteiger partial charge in [-0.3, -0.25) is 10.3 Å². The van der Waals surface area contributed by atoms with E-state index in [1.807, 2.05) is 13.0 Å². The van der Waals surface area contributed by atoms with E-state index in [1.165, 1.54) is 0 Å². The number of nitrogens with zero attached hydrogens (tertiary/aromatic N) is 4. The van der Waals surface area contributed by atoms with Crippen LogP contribution in [0.3, 0.4) is 0 Å². The number of likely N-dealkylation sites (N-methyl/N-ethyl adjacent to an activating group) is 1. The van der Waals surface area contributed by atoms with Crippen LogP contribution in [0.2, 0.25) is 0 Å². The topological polar surface area (TPSA) is 70.3 Å². The zero-order valence-corrected chi connectivity index (χ0v) is 11.5. The molecule has 1 aliphatic rings. The molecule has 6 heteroatoms. The van der Waals surface area contributed by atoms with Gasteiger partial charge in [0, 0.05) is 36.9 Å². The predicted octanol–water partition coefficient (Wildman–Crippen LogP) is 0.599. The molecule has 1 saturated heterocycles. The second-order valence-electron chi connectivity index (χ2n) is 5.10. The van der Waals surface area contributed by atoms with Crippen molar-refractivity contribution in [3.05, 3.63) is 11.8 Å². The Labute approximate surface area is 108 Å². The number of anilines is 2. The highest BCUT2D eigenvalue weighted by Gasteiger charge is 2.27. The summed E-state index contributed by atoms with van der Waals surface area (Å²) >= 11 is 0. The maximum absolute atomic E-state index is 5.39. The number of hydrogen-bond acceptors (Lipinski definition) is 6. The van der Waals surface area contributed by atoms with Gasteiger partial charge in [0.05, 0.1) is 0 Å². The van der Waals surface area contributed by atoms with Crippen molar-refractivity contribution in [2.24, 2.45) is 5.84 Å². The first kappa shape index (κ1) is 13.0. The van der Waals surface area contributed by atoms with E-state index in [9.17, 15) is 0 Å². The Hall–Kier alpha value is -1.40. The van der Waals surface area contributed by atoms with Crippen molar-refractivity contribution >= 4 is 11.8 Å². The number of nitrogens with two attached hydrogens (primary N) is 1. The third-order valence-corrected chi connectivity index (χ3v) is 3.65. The standard InChI is InChI=1S/C12H22N6/c1-8-5-11(15-12(14-8)16-13)18-6-9(2)17(4)10(3)7-18/h5,9-10H,6-7,13H2,1-4H3,(H,14,15,16).